The number of carbonyl (C=O) groups excluding carboxylic acids is 1. The summed E-state index contributed by atoms with van der Waals surface area (Å²) in [6.07, 6.45) is 2.68. The zero-order valence-corrected chi connectivity index (χ0v) is 14.6. The molecule has 0 aliphatic heterocycles. The number of allylic oxidation sites excluding steroid dienone is 1. The molecule has 2 rings (SSSR count). The minimum atomic E-state index is -0.536. The molecule has 0 spiro atoms. The van der Waals surface area contributed by atoms with E-state index in [0.29, 0.717) is 11.3 Å². The molecule has 0 unspecified atom stereocenters. The fraction of sp³-hybridized carbons (Fsp3) is 0.118. The average molecular weight is 392 g/mol. The monoisotopic (exact) mass is 391 g/mol. The van der Waals surface area contributed by atoms with Crippen molar-refractivity contribution in [1.82, 2.24) is 0 Å². The molecule has 0 aliphatic rings. The smallest absolute Gasteiger partial charge is 0.280 e. The quantitative estimate of drug-likeness (QED) is 0.318. The van der Waals surface area contributed by atoms with Gasteiger partial charge in [0, 0.05) is 10.0 Å². The van der Waals surface area contributed by atoms with Crippen LogP contribution in [-0.4, -0.2) is 24.9 Å². The molecule has 0 amide bonds. The molecular weight excluding hydrogens is 378 g/mol. The zero-order valence-electron chi connectivity index (χ0n) is 13.0. The maximum absolute atomic E-state index is 12.2. The van der Waals surface area contributed by atoms with Gasteiger partial charge in [-0.25, -0.2) is 0 Å². The second-order valence-corrected chi connectivity index (χ2v) is 5.64. The minimum absolute atomic E-state index is 0.174. The summed E-state index contributed by atoms with van der Waals surface area (Å²) in [7, 11) is 2.83. The van der Waals surface area contributed by atoms with Gasteiger partial charge in [0.1, 0.15) is 0 Å². The van der Waals surface area contributed by atoms with E-state index in [1.807, 2.05) is 0 Å². The van der Waals surface area contributed by atoms with Crippen LogP contribution >= 0.6 is 15.9 Å². The van der Waals surface area contributed by atoms with E-state index in [2.05, 4.69) is 15.9 Å². The number of nitrogens with zero attached hydrogens (tertiary/aromatic N) is 1. The lowest BCUT2D eigenvalue weighted by atomic mass is 10.1. The van der Waals surface area contributed by atoms with Crippen molar-refractivity contribution in [2.24, 2.45) is 0 Å². The van der Waals surface area contributed by atoms with Crippen LogP contribution < -0.4 is 9.47 Å². The van der Waals surface area contributed by atoms with Crippen LogP contribution in [0.3, 0.4) is 0 Å². The molecule has 7 heteroatoms. The number of nitro groups is 1. The van der Waals surface area contributed by atoms with E-state index in [1.165, 1.54) is 38.5 Å². The number of hydrogen-bond donors (Lipinski definition) is 0. The third-order valence-electron chi connectivity index (χ3n) is 3.27. The molecule has 0 aromatic heterocycles. The lowest BCUT2D eigenvalue weighted by Crippen LogP contribution is -1.98. The third-order valence-corrected chi connectivity index (χ3v) is 3.80. The highest BCUT2D eigenvalue weighted by Crippen LogP contribution is 2.35. The number of hydrogen-bond acceptors (Lipinski definition) is 5. The van der Waals surface area contributed by atoms with E-state index in [-0.39, 0.29) is 22.8 Å². The van der Waals surface area contributed by atoms with Crippen molar-refractivity contribution in [1.29, 1.82) is 0 Å². The van der Waals surface area contributed by atoms with Crippen molar-refractivity contribution in [3.05, 3.63) is 68.2 Å². The van der Waals surface area contributed by atoms with Crippen LogP contribution in [0.15, 0.2) is 46.9 Å². The van der Waals surface area contributed by atoms with Gasteiger partial charge >= 0.3 is 0 Å². The number of ether oxygens (including phenoxy) is 2. The summed E-state index contributed by atoms with van der Waals surface area (Å²) >= 11 is 3.30. The maximum Gasteiger partial charge on any atom is 0.280 e. The second-order valence-electron chi connectivity index (χ2n) is 4.73. The van der Waals surface area contributed by atoms with Crippen LogP contribution in [-0.2, 0) is 0 Å². The molecule has 0 aliphatic carbocycles. The molecule has 0 saturated heterocycles. The van der Waals surface area contributed by atoms with Gasteiger partial charge < -0.3 is 9.47 Å². The molecule has 0 N–H and O–H groups in total. The fourth-order valence-corrected chi connectivity index (χ4v) is 2.32. The van der Waals surface area contributed by atoms with Crippen molar-refractivity contribution in [2.75, 3.05) is 14.2 Å². The summed E-state index contributed by atoms with van der Waals surface area (Å²) in [5, 5.41) is 11.2. The summed E-state index contributed by atoms with van der Waals surface area (Å²) in [5.41, 5.74) is 0.563. The molecule has 2 aromatic carbocycles. The lowest BCUT2D eigenvalue weighted by molar-refractivity contribution is -0.385. The van der Waals surface area contributed by atoms with Gasteiger partial charge in [0.25, 0.3) is 5.69 Å². The van der Waals surface area contributed by atoms with Crippen LogP contribution in [0.1, 0.15) is 15.9 Å². The van der Waals surface area contributed by atoms with Crippen LogP contribution in [0.5, 0.6) is 11.5 Å². The first-order chi connectivity index (χ1) is 11.5. The zero-order chi connectivity index (χ0) is 17.7. The molecule has 0 radical (unpaired) electrons. The van der Waals surface area contributed by atoms with E-state index < -0.39 is 4.92 Å². The number of halogens is 1. The van der Waals surface area contributed by atoms with Gasteiger partial charge in [0.15, 0.2) is 17.3 Å². The Balaban J connectivity index is 2.38. The van der Waals surface area contributed by atoms with E-state index in [0.717, 1.165) is 4.47 Å². The molecule has 0 bridgehead atoms. The predicted molar refractivity (Wildman–Crippen MR) is 93.7 cm³/mol. The third kappa shape index (κ3) is 3.99. The highest BCUT2D eigenvalue weighted by molar-refractivity contribution is 9.10. The van der Waals surface area contributed by atoms with Crippen molar-refractivity contribution >= 4 is 33.5 Å². The summed E-state index contributed by atoms with van der Waals surface area (Å²) in [6.45, 7) is 0. The van der Waals surface area contributed by atoms with Crippen molar-refractivity contribution < 1.29 is 19.2 Å². The normalized spacial score (nSPS) is 10.6. The van der Waals surface area contributed by atoms with Crippen LogP contribution in [0.2, 0.25) is 0 Å². The van der Waals surface area contributed by atoms with Crippen LogP contribution in [0.25, 0.3) is 6.08 Å². The van der Waals surface area contributed by atoms with Gasteiger partial charge in [0.2, 0.25) is 0 Å². The summed E-state index contributed by atoms with van der Waals surface area (Å²) < 4.78 is 11.1. The van der Waals surface area contributed by atoms with Gasteiger partial charge in [0.05, 0.1) is 30.8 Å². The molecule has 2 aromatic rings. The van der Waals surface area contributed by atoms with E-state index in [9.17, 15) is 14.9 Å². The molecule has 6 nitrogen and oxygen atoms in total. The maximum atomic E-state index is 12.2. The van der Waals surface area contributed by atoms with Crippen molar-refractivity contribution in [3.8, 4) is 11.5 Å². The average Bonchev–Trinajstić information content (AvgIpc) is 2.59. The largest absolute Gasteiger partial charge is 0.493 e. The van der Waals surface area contributed by atoms with E-state index >= 15 is 0 Å². The number of nitro benzene ring substituents is 1. The Morgan fingerprint density at radius 3 is 2.25 bits per heavy atom. The Bertz CT molecular complexity index is 799. The molecule has 0 atom stereocenters. The number of ketones is 1. The predicted octanol–water partition coefficient (Wildman–Crippen LogP) is 4.27. The summed E-state index contributed by atoms with van der Waals surface area (Å²) in [4.78, 5) is 22.9. The lowest BCUT2D eigenvalue weighted by Gasteiger charge is -2.08. The number of benzene rings is 2. The van der Waals surface area contributed by atoms with Gasteiger partial charge in [-0.3, -0.25) is 14.9 Å². The first kappa shape index (κ1) is 17.7. The molecule has 0 fully saturated rings. The Kier molecular flexibility index (Phi) is 5.70. The summed E-state index contributed by atoms with van der Waals surface area (Å²) in [5.74, 6) is 0.339. The first-order valence-electron chi connectivity index (χ1n) is 6.84. The highest BCUT2D eigenvalue weighted by atomic mass is 79.9. The second kappa shape index (κ2) is 7.74. The van der Waals surface area contributed by atoms with E-state index in [4.69, 9.17) is 9.47 Å². The Hall–Kier alpha value is -2.67. The Morgan fingerprint density at radius 2 is 1.71 bits per heavy atom. The molecule has 0 heterocycles. The molecule has 124 valence electrons. The molecule has 24 heavy (non-hydrogen) atoms. The van der Waals surface area contributed by atoms with Crippen LogP contribution in [0.4, 0.5) is 5.69 Å². The van der Waals surface area contributed by atoms with Crippen LogP contribution in [0, 0.1) is 10.1 Å². The standard InChI is InChI=1S/C17H14BrNO5/c1-23-16-9-12(14(19(21)22)10-17(16)24-2)5-8-15(20)11-3-6-13(18)7-4-11/h3-10H,1-2H3. The van der Waals surface area contributed by atoms with Crippen molar-refractivity contribution in [2.45, 2.75) is 0 Å². The topological polar surface area (TPSA) is 78.7 Å². The van der Waals surface area contributed by atoms with Gasteiger partial charge in [-0.05, 0) is 42.5 Å². The SMILES string of the molecule is COc1cc(C=CC(=O)c2ccc(Br)cc2)c([N+](=O)[O-])cc1OC. The van der Waals surface area contributed by atoms with Gasteiger partial charge in [-0.1, -0.05) is 15.9 Å². The number of methoxy groups -OCH3 is 2. The van der Waals surface area contributed by atoms with Gasteiger partial charge in [-0.15, -0.1) is 0 Å². The van der Waals surface area contributed by atoms with Gasteiger partial charge in [-0.2, -0.15) is 0 Å². The molecular formula is C17H14BrNO5. The van der Waals surface area contributed by atoms with E-state index in [1.54, 1.807) is 24.3 Å². The first-order valence-corrected chi connectivity index (χ1v) is 7.64. The van der Waals surface area contributed by atoms with Crippen molar-refractivity contribution in [3.63, 3.8) is 0 Å². The Morgan fingerprint density at radius 1 is 1.12 bits per heavy atom. The number of carbonyl (C=O) groups is 1. The minimum Gasteiger partial charge on any atom is -0.493 e. The number of rotatable bonds is 6. The molecule has 0 saturated carbocycles. The fourth-order valence-electron chi connectivity index (χ4n) is 2.05. The highest BCUT2D eigenvalue weighted by Gasteiger charge is 2.18. The Labute approximate surface area is 147 Å². The summed E-state index contributed by atoms with van der Waals surface area (Å²) in [6, 6.07) is 9.56.